The molecule has 2 aromatic rings. The van der Waals surface area contributed by atoms with E-state index in [0.717, 1.165) is 36.9 Å². The Morgan fingerprint density at radius 1 is 0.810 bits per heavy atom. The summed E-state index contributed by atoms with van der Waals surface area (Å²) in [5.74, 6) is 0.590. The zero-order chi connectivity index (χ0) is 14.8. The highest BCUT2D eigenvalue weighted by molar-refractivity contribution is 6.32. The molecule has 0 bridgehead atoms. The van der Waals surface area contributed by atoms with Gasteiger partial charge in [-0.25, -0.2) is 0 Å². The lowest BCUT2D eigenvalue weighted by Crippen LogP contribution is -2.47. The van der Waals surface area contributed by atoms with Crippen LogP contribution >= 0.6 is 34.8 Å². The number of nitrogens with zero attached hydrogens (tertiary/aromatic N) is 5. The first-order chi connectivity index (χ1) is 10.1. The van der Waals surface area contributed by atoms with E-state index in [-0.39, 0.29) is 10.4 Å². The SMILES string of the molecule is Clc1ccc(N2CCN(c3nc(Cl)nnc3Cl)CC2)cc1. The Bertz CT molecular complexity index is 626. The molecule has 0 atom stereocenters. The van der Waals surface area contributed by atoms with E-state index >= 15 is 0 Å². The van der Waals surface area contributed by atoms with Crippen LogP contribution in [0, 0.1) is 0 Å². The lowest BCUT2D eigenvalue weighted by Gasteiger charge is -2.36. The van der Waals surface area contributed by atoms with Gasteiger partial charge in [-0.2, -0.15) is 4.98 Å². The van der Waals surface area contributed by atoms with Crippen LogP contribution in [-0.2, 0) is 0 Å². The molecule has 1 saturated heterocycles. The number of hydrogen-bond donors (Lipinski definition) is 0. The predicted octanol–water partition coefficient (Wildman–Crippen LogP) is 3.16. The lowest BCUT2D eigenvalue weighted by molar-refractivity contribution is 0.644. The molecule has 0 saturated carbocycles. The summed E-state index contributed by atoms with van der Waals surface area (Å²) in [5, 5.41) is 8.54. The molecular formula is C13H12Cl3N5. The molecule has 1 aliphatic rings. The molecule has 1 aromatic carbocycles. The highest BCUT2D eigenvalue weighted by Gasteiger charge is 2.21. The number of piperazine rings is 1. The first kappa shape index (κ1) is 14.6. The van der Waals surface area contributed by atoms with Crippen molar-refractivity contribution in [2.24, 2.45) is 0 Å². The highest BCUT2D eigenvalue weighted by Crippen LogP contribution is 2.25. The Labute approximate surface area is 137 Å². The molecule has 2 heterocycles. The fourth-order valence-corrected chi connectivity index (χ4v) is 2.76. The van der Waals surface area contributed by atoms with Gasteiger partial charge in [0, 0.05) is 36.9 Å². The number of anilines is 2. The molecule has 0 unspecified atom stereocenters. The third-order valence-corrected chi connectivity index (χ3v) is 4.03. The van der Waals surface area contributed by atoms with Gasteiger partial charge in [0.05, 0.1) is 0 Å². The molecule has 8 heteroatoms. The summed E-state index contributed by atoms with van der Waals surface area (Å²) in [4.78, 5) is 8.51. The van der Waals surface area contributed by atoms with E-state index in [4.69, 9.17) is 34.8 Å². The van der Waals surface area contributed by atoms with E-state index in [0.29, 0.717) is 5.82 Å². The number of hydrogen-bond acceptors (Lipinski definition) is 5. The van der Waals surface area contributed by atoms with Gasteiger partial charge in [-0.15, -0.1) is 10.2 Å². The first-order valence-corrected chi connectivity index (χ1v) is 7.58. The Morgan fingerprint density at radius 3 is 2.10 bits per heavy atom. The van der Waals surface area contributed by atoms with Gasteiger partial charge in [0.15, 0.2) is 11.0 Å². The smallest absolute Gasteiger partial charge is 0.245 e. The zero-order valence-corrected chi connectivity index (χ0v) is 13.3. The molecule has 1 aliphatic heterocycles. The van der Waals surface area contributed by atoms with Gasteiger partial charge in [-0.3, -0.25) is 0 Å². The first-order valence-electron chi connectivity index (χ1n) is 6.44. The third kappa shape index (κ3) is 3.31. The Kier molecular flexibility index (Phi) is 4.33. The van der Waals surface area contributed by atoms with Crippen LogP contribution in [0.3, 0.4) is 0 Å². The van der Waals surface area contributed by atoms with E-state index in [2.05, 4.69) is 25.0 Å². The zero-order valence-electron chi connectivity index (χ0n) is 11.0. The average Bonchev–Trinajstić information content (AvgIpc) is 2.51. The van der Waals surface area contributed by atoms with Gasteiger partial charge in [-0.05, 0) is 35.9 Å². The molecule has 5 nitrogen and oxygen atoms in total. The molecule has 110 valence electrons. The van der Waals surface area contributed by atoms with Gasteiger partial charge in [-0.1, -0.05) is 23.2 Å². The third-order valence-electron chi connectivity index (χ3n) is 3.37. The fraction of sp³-hybridized carbons (Fsp3) is 0.308. The monoisotopic (exact) mass is 343 g/mol. The molecular weight excluding hydrogens is 333 g/mol. The molecule has 21 heavy (non-hydrogen) atoms. The predicted molar refractivity (Wildman–Crippen MR) is 85.7 cm³/mol. The minimum Gasteiger partial charge on any atom is -0.368 e. The number of benzene rings is 1. The van der Waals surface area contributed by atoms with Gasteiger partial charge >= 0.3 is 0 Å². The van der Waals surface area contributed by atoms with Crippen molar-refractivity contribution in [3.63, 3.8) is 0 Å². The Morgan fingerprint density at radius 2 is 1.43 bits per heavy atom. The van der Waals surface area contributed by atoms with Crippen LogP contribution in [0.15, 0.2) is 24.3 Å². The van der Waals surface area contributed by atoms with Crippen LogP contribution in [-0.4, -0.2) is 41.4 Å². The summed E-state index contributed by atoms with van der Waals surface area (Å²) >= 11 is 17.7. The molecule has 0 spiro atoms. The van der Waals surface area contributed by atoms with Gasteiger partial charge in [0.25, 0.3) is 0 Å². The molecule has 1 fully saturated rings. The normalized spacial score (nSPS) is 15.4. The quantitative estimate of drug-likeness (QED) is 0.837. The van der Waals surface area contributed by atoms with Crippen molar-refractivity contribution in [2.75, 3.05) is 36.0 Å². The summed E-state index contributed by atoms with van der Waals surface area (Å²) in [6, 6.07) is 7.84. The molecule has 3 rings (SSSR count). The summed E-state index contributed by atoms with van der Waals surface area (Å²) in [6.07, 6.45) is 0. The van der Waals surface area contributed by atoms with Crippen molar-refractivity contribution in [3.8, 4) is 0 Å². The van der Waals surface area contributed by atoms with E-state index < -0.39 is 0 Å². The van der Waals surface area contributed by atoms with Crippen molar-refractivity contribution in [2.45, 2.75) is 0 Å². The molecule has 0 radical (unpaired) electrons. The Balaban J connectivity index is 1.70. The topological polar surface area (TPSA) is 45.2 Å². The second kappa shape index (κ2) is 6.22. The lowest BCUT2D eigenvalue weighted by atomic mass is 10.2. The van der Waals surface area contributed by atoms with Crippen molar-refractivity contribution >= 4 is 46.3 Å². The standard InChI is InChI=1S/C13H12Cl3N5/c14-9-1-3-10(4-2-9)20-5-7-21(8-6-20)12-11(15)18-19-13(16)17-12/h1-4H,5-8H2. The van der Waals surface area contributed by atoms with Crippen molar-refractivity contribution in [1.82, 2.24) is 15.2 Å². The average molecular weight is 345 g/mol. The van der Waals surface area contributed by atoms with Crippen LogP contribution in [0.4, 0.5) is 11.5 Å². The summed E-state index contributed by atoms with van der Waals surface area (Å²) < 4.78 is 0. The van der Waals surface area contributed by atoms with E-state index in [1.807, 2.05) is 24.3 Å². The maximum atomic E-state index is 6.04. The molecule has 0 N–H and O–H groups in total. The maximum Gasteiger partial charge on any atom is 0.245 e. The van der Waals surface area contributed by atoms with Gasteiger partial charge in [0.1, 0.15) is 0 Å². The van der Waals surface area contributed by atoms with Crippen molar-refractivity contribution in [3.05, 3.63) is 39.7 Å². The number of aromatic nitrogens is 3. The summed E-state index contributed by atoms with van der Waals surface area (Å²) in [6.45, 7) is 3.30. The minimum atomic E-state index is 0.106. The van der Waals surface area contributed by atoms with Crippen LogP contribution in [0.25, 0.3) is 0 Å². The summed E-state index contributed by atoms with van der Waals surface area (Å²) in [5.41, 5.74) is 1.16. The number of rotatable bonds is 2. The molecule has 0 aliphatic carbocycles. The minimum absolute atomic E-state index is 0.106. The van der Waals surface area contributed by atoms with Crippen molar-refractivity contribution < 1.29 is 0 Å². The van der Waals surface area contributed by atoms with Crippen LogP contribution in [0.1, 0.15) is 0 Å². The fourth-order valence-electron chi connectivity index (χ4n) is 2.32. The van der Waals surface area contributed by atoms with Crippen LogP contribution in [0.2, 0.25) is 15.5 Å². The van der Waals surface area contributed by atoms with Gasteiger partial charge < -0.3 is 9.80 Å². The van der Waals surface area contributed by atoms with E-state index in [9.17, 15) is 0 Å². The van der Waals surface area contributed by atoms with Gasteiger partial charge in [0.2, 0.25) is 5.28 Å². The van der Waals surface area contributed by atoms with Crippen LogP contribution < -0.4 is 9.80 Å². The largest absolute Gasteiger partial charge is 0.368 e. The highest BCUT2D eigenvalue weighted by atomic mass is 35.5. The maximum absolute atomic E-state index is 6.04. The second-order valence-electron chi connectivity index (χ2n) is 4.65. The summed E-state index contributed by atoms with van der Waals surface area (Å²) in [7, 11) is 0. The molecule has 1 aromatic heterocycles. The number of halogens is 3. The Hall–Kier alpha value is -1.30. The van der Waals surface area contributed by atoms with E-state index in [1.54, 1.807) is 0 Å². The van der Waals surface area contributed by atoms with Crippen LogP contribution in [0.5, 0.6) is 0 Å². The second-order valence-corrected chi connectivity index (χ2v) is 5.78. The van der Waals surface area contributed by atoms with Crippen molar-refractivity contribution in [1.29, 1.82) is 0 Å². The van der Waals surface area contributed by atoms with E-state index in [1.165, 1.54) is 0 Å². The molecule has 0 amide bonds.